The Morgan fingerprint density at radius 3 is 2.14 bits per heavy atom. The van der Waals surface area contributed by atoms with Crippen LogP contribution < -0.4 is 5.32 Å². The Morgan fingerprint density at radius 1 is 1.11 bits per heavy atom. The van der Waals surface area contributed by atoms with Crippen molar-refractivity contribution in [1.82, 2.24) is 9.88 Å². The molecule has 3 rings (SSSR count). The number of nitrogens with one attached hydrogen (secondary N) is 1. The second-order valence-corrected chi connectivity index (χ2v) is 10.6. The fourth-order valence-corrected chi connectivity index (χ4v) is 5.93. The summed E-state index contributed by atoms with van der Waals surface area (Å²) in [6, 6.07) is 0.592. The van der Waals surface area contributed by atoms with E-state index < -0.39 is 5.97 Å². The monoisotopic (exact) mass is 425 g/mol. The molecule has 1 aromatic heterocycles. The maximum absolute atomic E-state index is 13.2. The quantitative estimate of drug-likeness (QED) is 0.604. The first kappa shape index (κ1) is 21.4. The minimum Gasteiger partial charge on any atom is -0.481 e. The number of aromatic nitrogens is 1. The highest BCUT2D eigenvalue weighted by atomic mass is 32.2. The smallest absolute Gasteiger partial charge is 0.324 e. The molecule has 1 heterocycles. The number of carboxylic acids is 1. The third-order valence-electron chi connectivity index (χ3n) is 6.03. The maximum atomic E-state index is 13.2. The van der Waals surface area contributed by atoms with Gasteiger partial charge in [-0.1, -0.05) is 25.2 Å². The van der Waals surface area contributed by atoms with Gasteiger partial charge in [-0.25, -0.2) is 9.78 Å². The number of hydrogen-bond acceptors (Lipinski definition) is 5. The van der Waals surface area contributed by atoms with Crippen molar-refractivity contribution in [2.24, 2.45) is 11.8 Å². The van der Waals surface area contributed by atoms with E-state index in [4.69, 9.17) is 5.11 Å². The van der Waals surface area contributed by atoms with E-state index in [0.29, 0.717) is 17.2 Å². The van der Waals surface area contributed by atoms with Crippen LogP contribution in [0.5, 0.6) is 0 Å². The van der Waals surface area contributed by atoms with Crippen molar-refractivity contribution in [3.05, 3.63) is 6.20 Å². The number of carboxylic acid groups (broad SMARTS) is 1. The largest absolute Gasteiger partial charge is 0.481 e. The number of aliphatic carboxylic acids is 1. The summed E-state index contributed by atoms with van der Waals surface area (Å²) in [7, 11) is 0. The summed E-state index contributed by atoms with van der Waals surface area (Å²) in [6.07, 6.45) is 10.7. The van der Waals surface area contributed by atoms with Crippen LogP contribution in [0, 0.1) is 11.8 Å². The Labute approximate surface area is 175 Å². The molecule has 0 spiro atoms. The highest BCUT2D eigenvalue weighted by Gasteiger charge is 2.34. The molecule has 156 valence electrons. The van der Waals surface area contributed by atoms with Crippen LogP contribution in [0.2, 0.25) is 0 Å². The topological polar surface area (TPSA) is 82.5 Å². The van der Waals surface area contributed by atoms with Crippen molar-refractivity contribution in [3.8, 4) is 0 Å². The number of rotatable bonds is 6. The van der Waals surface area contributed by atoms with E-state index in [1.807, 2.05) is 0 Å². The molecule has 28 heavy (non-hydrogen) atoms. The first-order chi connectivity index (χ1) is 13.4. The van der Waals surface area contributed by atoms with Crippen molar-refractivity contribution < 1.29 is 14.7 Å². The molecule has 2 N–H and O–H groups in total. The zero-order valence-corrected chi connectivity index (χ0v) is 18.4. The average Bonchev–Trinajstić information content (AvgIpc) is 3.11. The fourth-order valence-electron chi connectivity index (χ4n) is 4.34. The fraction of sp³-hybridized carbons (Fsp3) is 0.750. The van der Waals surface area contributed by atoms with Gasteiger partial charge in [0.05, 0.1) is 16.2 Å². The van der Waals surface area contributed by atoms with E-state index >= 15 is 0 Å². The predicted molar refractivity (Wildman–Crippen MR) is 114 cm³/mol. The molecule has 6 nitrogen and oxygen atoms in total. The van der Waals surface area contributed by atoms with Crippen LogP contribution in [0.15, 0.2) is 10.4 Å². The summed E-state index contributed by atoms with van der Waals surface area (Å²) in [6.45, 7) is 4.60. The number of anilines is 1. The number of amides is 2. The third kappa shape index (κ3) is 5.86. The zero-order chi connectivity index (χ0) is 20.1. The number of carbonyl (C=O) groups is 2. The highest BCUT2D eigenvalue weighted by Crippen LogP contribution is 2.35. The molecule has 0 saturated heterocycles. The van der Waals surface area contributed by atoms with E-state index in [-0.39, 0.29) is 11.8 Å². The molecule has 1 aromatic rings. The van der Waals surface area contributed by atoms with Crippen LogP contribution in [0.3, 0.4) is 0 Å². The van der Waals surface area contributed by atoms with Gasteiger partial charge in [-0.15, -0.1) is 11.8 Å². The van der Waals surface area contributed by atoms with Gasteiger partial charge in [-0.3, -0.25) is 10.1 Å². The van der Waals surface area contributed by atoms with Gasteiger partial charge in [0.1, 0.15) is 0 Å². The van der Waals surface area contributed by atoms with E-state index in [1.54, 1.807) is 6.20 Å². The van der Waals surface area contributed by atoms with Gasteiger partial charge < -0.3 is 10.0 Å². The molecule has 0 radical (unpaired) electrons. The van der Waals surface area contributed by atoms with Gasteiger partial charge in [0.2, 0.25) is 0 Å². The van der Waals surface area contributed by atoms with Gasteiger partial charge in [0, 0.05) is 12.1 Å². The van der Waals surface area contributed by atoms with Gasteiger partial charge in [-0.05, 0) is 63.2 Å². The molecule has 2 aliphatic rings. The van der Waals surface area contributed by atoms with Crippen molar-refractivity contribution >= 4 is 40.2 Å². The van der Waals surface area contributed by atoms with E-state index in [2.05, 4.69) is 29.0 Å². The number of hydrogen-bond donors (Lipinski definition) is 2. The normalized spacial score (nSPS) is 27.9. The molecule has 0 atom stereocenters. The lowest BCUT2D eigenvalue weighted by molar-refractivity contribution is -0.133. The molecule has 0 bridgehead atoms. The zero-order valence-electron chi connectivity index (χ0n) is 16.7. The lowest BCUT2D eigenvalue weighted by Gasteiger charge is -2.43. The van der Waals surface area contributed by atoms with Crippen LogP contribution in [0.1, 0.15) is 65.2 Å². The second kappa shape index (κ2) is 9.96. The van der Waals surface area contributed by atoms with Crippen LogP contribution in [0.4, 0.5) is 9.93 Å². The lowest BCUT2D eigenvalue weighted by atomic mass is 9.82. The summed E-state index contributed by atoms with van der Waals surface area (Å²) in [5.74, 6) is 0.649. The van der Waals surface area contributed by atoms with Crippen molar-refractivity contribution in [2.45, 2.75) is 81.5 Å². The summed E-state index contributed by atoms with van der Waals surface area (Å²) in [5.41, 5.74) is 0. The molecule has 0 unspecified atom stereocenters. The third-order valence-corrected chi connectivity index (χ3v) is 8.12. The maximum Gasteiger partial charge on any atom is 0.324 e. The van der Waals surface area contributed by atoms with Gasteiger partial charge in [0.15, 0.2) is 5.13 Å². The minimum absolute atomic E-state index is 0.00220. The van der Waals surface area contributed by atoms with Crippen molar-refractivity contribution in [2.75, 3.05) is 11.1 Å². The van der Waals surface area contributed by atoms with Crippen molar-refractivity contribution in [1.29, 1.82) is 0 Å². The molecular formula is C20H31N3O3S2. The molecule has 0 aliphatic heterocycles. The molecule has 2 amide bonds. The van der Waals surface area contributed by atoms with Crippen LogP contribution in [-0.2, 0) is 4.79 Å². The van der Waals surface area contributed by atoms with E-state index in [0.717, 1.165) is 41.7 Å². The van der Waals surface area contributed by atoms with Gasteiger partial charge >= 0.3 is 12.0 Å². The Kier molecular flexibility index (Phi) is 7.62. The second-order valence-electron chi connectivity index (χ2n) is 8.33. The molecule has 2 fully saturated rings. The number of nitrogens with zero attached hydrogens (tertiary/aromatic N) is 2. The average molecular weight is 426 g/mol. The Bertz CT molecular complexity index is 643. The van der Waals surface area contributed by atoms with Crippen LogP contribution in [-0.4, -0.2) is 44.8 Å². The van der Waals surface area contributed by atoms with Crippen LogP contribution >= 0.6 is 23.1 Å². The van der Waals surface area contributed by atoms with E-state index in [9.17, 15) is 9.59 Å². The first-order valence-corrected chi connectivity index (χ1v) is 12.1. The Morgan fingerprint density at radius 2 is 1.64 bits per heavy atom. The summed E-state index contributed by atoms with van der Waals surface area (Å²) in [5, 5.41) is 12.4. The highest BCUT2D eigenvalue weighted by molar-refractivity contribution is 8.01. The summed E-state index contributed by atoms with van der Waals surface area (Å²) < 4.78 is 0.808. The van der Waals surface area contributed by atoms with Crippen LogP contribution in [0.25, 0.3) is 0 Å². The number of urea groups is 1. The lowest BCUT2D eigenvalue weighted by Crippen LogP contribution is -2.51. The van der Waals surface area contributed by atoms with Gasteiger partial charge in [0.25, 0.3) is 0 Å². The Hall–Kier alpha value is -1.28. The molecular weight excluding hydrogens is 394 g/mol. The standard InChI is InChI=1S/C20H31N3O3S2/c1-13-3-7-15(8-4-13)23(16-9-5-14(2)6-10-16)20(26)22-19-21-11-18(28-19)27-12-17(24)25/h11,13-16H,3-10,12H2,1-2H3,(H,24,25)(H,21,22,26). The molecule has 2 saturated carbocycles. The van der Waals surface area contributed by atoms with Crippen molar-refractivity contribution in [3.63, 3.8) is 0 Å². The molecule has 0 aromatic carbocycles. The molecule has 8 heteroatoms. The SMILES string of the molecule is CC1CCC(N(C(=O)Nc2ncc(SCC(=O)O)s2)C2CCC(C)CC2)CC1. The minimum atomic E-state index is -0.854. The number of thioether (sulfide) groups is 1. The number of thiazole rings is 1. The summed E-state index contributed by atoms with van der Waals surface area (Å²) >= 11 is 2.58. The molecule has 2 aliphatic carbocycles. The predicted octanol–water partition coefficient (Wildman–Crippen LogP) is 5.31. The first-order valence-electron chi connectivity index (χ1n) is 10.3. The van der Waals surface area contributed by atoms with Gasteiger partial charge in [-0.2, -0.15) is 0 Å². The Balaban J connectivity index is 1.66. The summed E-state index contributed by atoms with van der Waals surface area (Å²) in [4.78, 5) is 30.4. The number of carbonyl (C=O) groups excluding carboxylic acids is 1. The van der Waals surface area contributed by atoms with E-state index in [1.165, 1.54) is 48.8 Å².